The lowest BCUT2D eigenvalue weighted by atomic mass is 10.0. The van der Waals surface area contributed by atoms with Crippen LogP contribution in [0.4, 0.5) is 0 Å². The number of esters is 4. The predicted octanol–water partition coefficient (Wildman–Crippen LogP) is 15.8. The molecule has 79 heavy (non-hydrogen) atoms. The van der Waals surface area contributed by atoms with Crippen molar-refractivity contribution in [1.82, 2.24) is 0 Å². The topological polar surface area (TPSA) is 237 Å². The Balaban J connectivity index is 5.24. The van der Waals surface area contributed by atoms with E-state index in [1.54, 1.807) is 0 Å². The van der Waals surface area contributed by atoms with Gasteiger partial charge in [0.2, 0.25) is 0 Å². The second-order valence-corrected chi connectivity index (χ2v) is 26.5. The number of hydrogen-bond donors (Lipinski definition) is 3. The third-order valence-corrected chi connectivity index (χ3v) is 15.5. The summed E-state index contributed by atoms with van der Waals surface area (Å²) < 4.78 is 67.7. The minimum atomic E-state index is -4.94. The molecular formula is C60H116O17P2. The number of phosphoric ester groups is 2. The van der Waals surface area contributed by atoms with E-state index in [1.807, 2.05) is 0 Å². The highest BCUT2D eigenvalue weighted by atomic mass is 31.2. The van der Waals surface area contributed by atoms with Crippen LogP contribution in [0.2, 0.25) is 0 Å². The molecule has 5 atom stereocenters. The molecule has 0 aromatic heterocycles. The van der Waals surface area contributed by atoms with Gasteiger partial charge in [0.15, 0.2) is 12.2 Å². The van der Waals surface area contributed by atoms with Crippen LogP contribution in [0.25, 0.3) is 0 Å². The standard InChI is InChI=1S/C60H116O17P2/c1-50(2)36-28-20-12-9-10-14-24-32-40-57(62)70-46-55(76-59(64)42-34-26-15-11-13-21-29-37-51(3)4)48-74-78(66,67)72-44-54(61)45-73-79(68,69)75-49-56(77-60(65)43-35-27-19-17-23-31-39-53(7)8)47-71-58(63)41-33-25-18-16-22-30-38-52(5)6/h50-56,61H,9-49H2,1-8H3,(H,66,67)(H,68,69)/t54-,55-,56-/m1/s1. The van der Waals surface area contributed by atoms with Crippen molar-refractivity contribution in [2.75, 3.05) is 39.6 Å². The Morgan fingerprint density at radius 2 is 0.532 bits per heavy atom. The first-order valence-electron chi connectivity index (χ1n) is 31.2. The molecule has 0 aliphatic rings. The molecule has 2 unspecified atom stereocenters. The first kappa shape index (κ1) is 77.1. The summed E-state index contributed by atoms with van der Waals surface area (Å²) in [5.74, 6) is 0.619. The van der Waals surface area contributed by atoms with Gasteiger partial charge in [0.25, 0.3) is 0 Å². The van der Waals surface area contributed by atoms with Gasteiger partial charge in [-0.25, -0.2) is 9.13 Å². The van der Waals surface area contributed by atoms with Crippen LogP contribution in [0, 0.1) is 23.7 Å². The molecule has 0 radical (unpaired) electrons. The Morgan fingerprint density at radius 3 is 0.785 bits per heavy atom. The van der Waals surface area contributed by atoms with Gasteiger partial charge in [0.1, 0.15) is 19.3 Å². The normalized spacial score (nSPS) is 14.6. The molecule has 0 aliphatic carbocycles. The molecule has 0 saturated heterocycles. The molecular weight excluding hydrogens is 1050 g/mol. The lowest BCUT2D eigenvalue weighted by Crippen LogP contribution is -2.30. The third-order valence-electron chi connectivity index (χ3n) is 13.6. The fourth-order valence-electron chi connectivity index (χ4n) is 8.72. The molecule has 3 N–H and O–H groups in total. The number of unbranched alkanes of at least 4 members (excludes halogenated alkanes) is 23. The largest absolute Gasteiger partial charge is 0.472 e. The zero-order valence-corrected chi connectivity index (χ0v) is 52.8. The van der Waals surface area contributed by atoms with Crippen molar-refractivity contribution in [2.24, 2.45) is 23.7 Å². The summed E-state index contributed by atoms with van der Waals surface area (Å²) in [6.45, 7) is 13.8. The van der Waals surface area contributed by atoms with Gasteiger partial charge in [-0.15, -0.1) is 0 Å². The lowest BCUT2D eigenvalue weighted by Gasteiger charge is -2.21. The molecule has 0 spiro atoms. The number of carbonyl (C=O) groups excluding carboxylic acids is 4. The van der Waals surface area contributed by atoms with Crippen LogP contribution >= 0.6 is 15.6 Å². The molecule has 0 heterocycles. The van der Waals surface area contributed by atoms with Crippen LogP contribution in [-0.4, -0.2) is 96.7 Å². The lowest BCUT2D eigenvalue weighted by molar-refractivity contribution is -0.161. The minimum Gasteiger partial charge on any atom is -0.462 e. The molecule has 0 aromatic rings. The van der Waals surface area contributed by atoms with Crippen molar-refractivity contribution in [3.05, 3.63) is 0 Å². The first-order chi connectivity index (χ1) is 37.6. The maximum absolute atomic E-state index is 12.9. The van der Waals surface area contributed by atoms with E-state index in [4.69, 9.17) is 37.0 Å². The number of aliphatic hydroxyl groups is 1. The molecule has 0 bridgehead atoms. The van der Waals surface area contributed by atoms with Crippen LogP contribution in [0.15, 0.2) is 0 Å². The summed E-state index contributed by atoms with van der Waals surface area (Å²) in [5, 5.41) is 10.5. The number of carbonyl (C=O) groups is 4. The third kappa shape index (κ3) is 55.0. The van der Waals surface area contributed by atoms with Crippen molar-refractivity contribution in [3.63, 3.8) is 0 Å². The Morgan fingerprint density at radius 1 is 0.316 bits per heavy atom. The van der Waals surface area contributed by atoms with Gasteiger partial charge in [-0.3, -0.25) is 37.3 Å². The predicted molar refractivity (Wildman–Crippen MR) is 312 cm³/mol. The number of aliphatic hydroxyl groups excluding tert-OH is 1. The maximum atomic E-state index is 12.9. The quantitative estimate of drug-likeness (QED) is 0.0222. The van der Waals surface area contributed by atoms with Gasteiger partial charge in [-0.2, -0.15) is 0 Å². The average Bonchev–Trinajstić information content (AvgIpc) is 3.37. The summed E-state index contributed by atoms with van der Waals surface area (Å²) in [4.78, 5) is 71.9. The molecule has 0 saturated carbocycles. The number of rotatable bonds is 57. The summed E-state index contributed by atoms with van der Waals surface area (Å²) in [7, 11) is -9.88. The second-order valence-electron chi connectivity index (χ2n) is 23.6. The fraction of sp³-hybridized carbons (Fsp3) is 0.933. The van der Waals surface area contributed by atoms with Gasteiger partial charge in [-0.1, -0.05) is 229 Å². The SMILES string of the molecule is CC(C)CCCCCCCCCCC(=O)OC[C@H](COP(=O)(O)OC[C@@H](O)COP(=O)(O)OC[C@@H](COC(=O)CCCCCCCCC(C)C)OC(=O)CCCCCCCCC(C)C)OC(=O)CCCCCCCCCC(C)C. The molecule has 19 heteroatoms. The molecule has 0 rings (SSSR count). The van der Waals surface area contributed by atoms with E-state index in [0.29, 0.717) is 43.4 Å². The van der Waals surface area contributed by atoms with Crippen LogP contribution < -0.4 is 0 Å². The molecule has 468 valence electrons. The summed E-state index contributed by atoms with van der Waals surface area (Å²) in [6.07, 6.45) is 28.5. The first-order valence-corrected chi connectivity index (χ1v) is 34.2. The smallest absolute Gasteiger partial charge is 0.462 e. The van der Waals surface area contributed by atoms with E-state index >= 15 is 0 Å². The van der Waals surface area contributed by atoms with Crippen molar-refractivity contribution in [3.8, 4) is 0 Å². The summed E-state index contributed by atoms with van der Waals surface area (Å²) in [6, 6.07) is 0. The summed E-state index contributed by atoms with van der Waals surface area (Å²) >= 11 is 0. The van der Waals surface area contributed by atoms with Crippen LogP contribution in [0.3, 0.4) is 0 Å². The number of phosphoric acid groups is 2. The van der Waals surface area contributed by atoms with E-state index in [2.05, 4.69) is 55.4 Å². The molecule has 0 aliphatic heterocycles. The Hall–Kier alpha value is -1.94. The maximum Gasteiger partial charge on any atom is 0.472 e. The molecule has 0 amide bonds. The van der Waals surface area contributed by atoms with E-state index < -0.39 is 97.5 Å². The van der Waals surface area contributed by atoms with Crippen molar-refractivity contribution >= 4 is 39.5 Å². The van der Waals surface area contributed by atoms with Gasteiger partial charge in [0.05, 0.1) is 26.4 Å². The zero-order valence-electron chi connectivity index (χ0n) is 51.0. The van der Waals surface area contributed by atoms with Gasteiger partial charge >= 0.3 is 39.5 Å². The van der Waals surface area contributed by atoms with E-state index in [9.17, 15) is 43.2 Å². The van der Waals surface area contributed by atoms with Gasteiger partial charge < -0.3 is 33.8 Å². The highest BCUT2D eigenvalue weighted by molar-refractivity contribution is 7.47. The van der Waals surface area contributed by atoms with Crippen LogP contribution in [-0.2, 0) is 65.4 Å². The Labute approximate surface area is 479 Å². The van der Waals surface area contributed by atoms with Crippen LogP contribution in [0.1, 0.15) is 280 Å². The number of hydrogen-bond acceptors (Lipinski definition) is 15. The fourth-order valence-corrected chi connectivity index (χ4v) is 10.3. The van der Waals surface area contributed by atoms with Crippen molar-refractivity contribution < 1.29 is 80.2 Å². The molecule has 0 fully saturated rings. The zero-order chi connectivity index (χ0) is 59.0. The Kier molecular flexibility index (Phi) is 49.3. The van der Waals surface area contributed by atoms with E-state index in [0.717, 1.165) is 102 Å². The van der Waals surface area contributed by atoms with Gasteiger partial charge in [0, 0.05) is 25.7 Å². The van der Waals surface area contributed by atoms with E-state index in [1.165, 1.54) is 77.0 Å². The monoisotopic (exact) mass is 1170 g/mol. The second kappa shape index (κ2) is 50.6. The van der Waals surface area contributed by atoms with Gasteiger partial charge in [-0.05, 0) is 49.4 Å². The average molecular weight is 1170 g/mol. The van der Waals surface area contributed by atoms with Crippen molar-refractivity contribution in [2.45, 2.75) is 298 Å². The van der Waals surface area contributed by atoms with E-state index in [-0.39, 0.29) is 25.7 Å². The minimum absolute atomic E-state index is 0.100. The number of ether oxygens (including phenoxy) is 4. The highest BCUT2D eigenvalue weighted by Gasteiger charge is 2.30. The van der Waals surface area contributed by atoms with Crippen molar-refractivity contribution in [1.29, 1.82) is 0 Å². The van der Waals surface area contributed by atoms with Crippen LogP contribution in [0.5, 0.6) is 0 Å². The molecule has 0 aromatic carbocycles. The highest BCUT2D eigenvalue weighted by Crippen LogP contribution is 2.45. The Bertz CT molecular complexity index is 1590. The molecule has 17 nitrogen and oxygen atoms in total. The summed E-state index contributed by atoms with van der Waals surface area (Å²) in [5.41, 5.74) is 0.